The Hall–Kier alpha value is -5.49. The Balaban J connectivity index is 0.640. The van der Waals surface area contributed by atoms with E-state index in [1.807, 2.05) is 47.4 Å². The van der Waals surface area contributed by atoms with Crippen molar-refractivity contribution < 1.29 is 42.9 Å². The number of Topliss-reactive ketones (excluding diaryl/α,β-unsaturated/α-hetero) is 2. The maximum Gasteiger partial charge on any atom is 0.257 e. The van der Waals surface area contributed by atoms with Crippen LogP contribution >= 0.6 is 0 Å². The van der Waals surface area contributed by atoms with Gasteiger partial charge < -0.3 is 43.7 Å². The van der Waals surface area contributed by atoms with Crippen LogP contribution in [0.2, 0.25) is 0 Å². The molecule has 2 saturated carbocycles. The van der Waals surface area contributed by atoms with Gasteiger partial charge in [0.25, 0.3) is 5.91 Å². The Kier molecular flexibility index (Phi) is 13.5. The summed E-state index contributed by atoms with van der Waals surface area (Å²) in [6.07, 6.45) is 4.62. The first kappa shape index (κ1) is 42.2. The second-order valence-corrected chi connectivity index (χ2v) is 16.1. The number of aromatic nitrogens is 4. The fraction of sp³-hybridized carbons (Fsp3) is 0.523. The maximum atomic E-state index is 13.3. The number of nitrogens with one attached hydrogen (secondary N) is 2. The zero-order valence-electron chi connectivity index (χ0n) is 34.7. The number of rotatable bonds is 21. The molecule has 4 aromatic rings. The Morgan fingerprint density at radius 2 is 1.62 bits per heavy atom. The monoisotopic (exact) mass is 838 g/mol. The van der Waals surface area contributed by atoms with Crippen LogP contribution in [0.4, 0.5) is 11.5 Å². The first-order valence-electron chi connectivity index (χ1n) is 21.3. The Morgan fingerprint density at radius 3 is 2.36 bits per heavy atom. The molecule has 4 aliphatic rings. The molecule has 0 spiro atoms. The smallest absolute Gasteiger partial charge is 0.257 e. The van der Waals surface area contributed by atoms with Gasteiger partial charge in [-0.15, -0.1) is 0 Å². The highest BCUT2D eigenvalue weighted by Gasteiger charge is 2.41. The van der Waals surface area contributed by atoms with E-state index in [1.165, 1.54) is 0 Å². The van der Waals surface area contributed by atoms with Crippen LogP contribution in [0.3, 0.4) is 0 Å². The van der Waals surface area contributed by atoms with Gasteiger partial charge in [-0.2, -0.15) is 5.10 Å². The Morgan fingerprint density at radius 1 is 0.885 bits per heavy atom. The predicted octanol–water partition coefficient (Wildman–Crippen LogP) is 3.81. The molecular weight excluding hydrogens is 785 g/mol. The quantitative estimate of drug-likeness (QED) is 0.0910. The summed E-state index contributed by atoms with van der Waals surface area (Å²) >= 11 is 0. The highest BCUT2D eigenvalue weighted by molar-refractivity contribution is 6.09. The van der Waals surface area contributed by atoms with Crippen molar-refractivity contribution in [2.24, 2.45) is 0 Å². The number of ketones is 2. The highest BCUT2D eigenvalue weighted by atomic mass is 16.6. The molecule has 0 bridgehead atoms. The zero-order chi connectivity index (χ0) is 42.2. The molecule has 17 nitrogen and oxygen atoms in total. The lowest BCUT2D eigenvalue weighted by Gasteiger charge is -2.35. The van der Waals surface area contributed by atoms with E-state index < -0.39 is 6.04 Å². The van der Waals surface area contributed by atoms with Crippen molar-refractivity contribution >= 4 is 45.8 Å². The predicted molar refractivity (Wildman–Crippen MR) is 225 cm³/mol. The number of aromatic amines is 1. The van der Waals surface area contributed by atoms with E-state index in [1.54, 1.807) is 11.2 Å². The van der Waals surface area contributed by atoms with Crippen molar-refractivity contribution in [1.29, 1.82) is 0 Å². The Labute approximate surface area is 354 Å². The van der Waals surface area contributed by atoms with E-state index in [0.29, 0.717) is 123 Å². The van der Waals surface area contributed by atoms with Gasteiger partial charge in [0.2, 0.25) is 5.91 Å². The number of H-pyrrole nitrogens is 1. The molecule has 2 aliphatic carbocycles. The molecule has 8 rings (SSSR count). The second kappa shape index (κ2) is 19.5. The van der Waals surface area contributed by atoms with Gasteiger partial charge in [0.05, 0.1) is 88.5 Å². The van der Waals surface area contributed by atoms with E-state index in [4.69, 9.17) is 23.7 Å². The lowest BCUT2D eigenvalue weighted by molar-refractivity contribution is -0.134. The highest BCUT2D eigenvalue weighted by Crippen LogP contribution is 2.41. The molecule has 2 aliphatic heterocycles. The number of carbonyl (C=O) groups is 4. The molecule has 4 heterocycles. The molecule has 2 aromatic carbocycles. The molecule has 324 valence electrons. The minimum atomic E-state index is -0.537. The van der Waals surface area contributed by atoms with Crippen LogP contribution in [-0.2, 0) is 39.9 Å². The van der Waals surface area contributed by atoms with E-state index in [-0.39, 0.29) is 35.4 Å². The first-order valence-corrected chi connectivity index (χ1v) is 21.3. The van der Waals surface area contributed by atoms with Crippen LogP contribution in [0.15, 0.2) is 48.8 Å². The number of piperazine rings is 1. The summed E-state index contributed by atoms with van der Waals surface area (Å²) in [4.78, 5) is 65.0. The molecule has 2 amide bonds. The van der Waals surface area contributed by atoms with Crippen LogP contribution in [0, 0.1) is 0 Å². The van der Waals surface area contributed by atoms with Gasteiger partial charge in [-0.1, -0.05) is 12.1 Å². The van der Waals surface area contributed by atoms with E-state index in [2.05, 4.69) is 37.3 Å². The molecule has 1 saturated heterocycles. The van der Waals surface area contributed by atoms with Gasteiger partial charge in [-0.25, -0.2) is 9.97 Å². The Bertz CT molecular complexity index is 2200. The molecule has 2 aromatic heterocycles. The number of nitrogens with zero attached hydrogens (tertiary/aromatic N) is 6. The number of fused-ring (bicyclic) bond motifs is 2. The van der Waals surface area contributed by atoms with Gasteiger partial charge in [0.1, 0.15) is 35.0 Å². The normalized spacial score (nSPS) is 18.5. The summed E-state index contributed by atoms with van der Waals surface area (Å²) in [5, 5.41) is 11.9. The van der Waals surface area contributed by atoms with Crippen LogP contribution in [-0.4, -0.2) is 151 Å². The lowest BCUT2D eigenvalue weighted by Crippen LogP contribution is -2.49. The molecule has 0 radical (unpaired) electrons. The zero-order valence-corrected chi connectivity index (χ0v) is 34.7. The number of hydrogen-bond acceptors (Lipinski definition) is 14. The third-order valence-corrected chi connectivity index (χ3v) is 11.6. The first-order chi connectivity index (χ1) is 29.7. The molecular formula is C44H54N8O9. The van der Waals surface area contributed by atoms with Gasteiger partial charge in [-0.05, 0) is 56.0 Å². The number of benzene rings is 2. The van der Waals surface area contributed by atoms with Crippen molar-refractivity contribution in [2.75, 3.05) is 95.8 Å². The average Bonchev–Trinajstić information content (AvgIpc) is 3.68. The van der Waals surface area contributed by atoms with E-state index in [9.17, 15) is 19.2 Å². The topological polar surface area (TPSA) is 191 Å². The fourth-order valence-corrected chi connectivity index (χ4v) is 7.96. The van der Waals surface area contributed by atoms with Crippen LogP contribution in [0.1, 0.15) is 61.4 Å². The van der Waals surface area contributed by atoms with Gasteiger partial charge >= 0.3 is 0 Å². The minimum absolute atomic E-state index is 0.0576. The SMILES string of the molecule is CC1(Oc2ccc3[nH]nc(-c4cc(N5CCN(C(=O)CCOCCOCCOCCOCCNc6cccc7c6C(=O)N(C6CCC(=O)CC6=O)C7)CC5)ncn4)c3c2)CC1. The summed E-state index contributed by atoms with van der Waals surface area (Å²) in [5.74, 6) is 1.28. The largest absolute Gasteiger partial charge is 0.488 e. The van der Waals surface area contributed by atoms with Crippen molar-refractivity contribution in [3.05, 3.63) is 59.9 Å². The van der Waals surface area contributed by atoms with Crippen molar-refractivity contribution in [3.63, 3.8) is 0 Å². The molecule has 17 heteroatoms. The number of hydrogen-bond donors (Lipinski definition) is 2. The number of ether oxygens (including phenoxy) is 5. The number of carbonyl (C=O) groups excluding carboxylic acids is 4. The minimum Gasteiger partial charge on any atom is -0.488 e. The second-order valence-electron chi connectivity index (χ2n) is 16.1. The average molecular weight is 839 g/mol. The third kappa shape index (κ3) is 10.5. The molecule has 3 fully saturated rings. The van der Waals surface area contributed by atoms with E-state index in [0.717, 1.165) is 52.3 Å². The number of anilines is 2. The molecule has 2 N–H and O–H groups in total. The standard InChI is InChI=1S/C44H54N8O9/c1-44(10-11-44)61-32-6-7-34-33(26-32)42(49-48-34)36-27-39(47-29-46-36)50-13-15-51(16-14-50)40(55)9-17-57-19-21-59-23-24-60-22-20-58-18-12-45-35-4-2-3-30-28-52(43(56)41(30)35)37-8-5-31(53)25-38(37)54/h2-4,6-7,26-27,29,37,45H,5,8-25,28H2,1H3,(H,48,49). The van der Waals surface area contributed by atoms with Crippen LogP contribution in [0.25, 0.3) is 22.3 Å². The van der Waals surface area contributed by atoms with Gasteiger partial charge in [0, 0.05) is 62.8 Å². The van der Waals surface area contributed by atoms with Crippen molar-refractivity contribution in [2.45, 2.75) is 63.6 Å². The summed E-state index contributed by atoms with van der Waals surface area (Å²) < 4.78 is 28.7. The molecule has 1 atom stereocenters. The lowest BCUT2D eigenvalue weighted by atomic mass is 9.92. The summed E-state index contributed by atoms with van der Waals surface area (Å²) in [6.45, 7) is 8.74. The summed E-state index contributed by atoms with van der Waals surface area (Å²) in [6, 6.07) is 13.0. The van der Waals surface area contributed by atoms with Crippen molar-refractivity contribution in [1.82, 2.24) is 30.0 Å². The molecule has 1 unspecified atom stereocenters. The van der Waals surface area contributed by atoms with Gasteiger partial charge in [0.15, 0.2) is 5.78 Å². The summed E-state index contributed by atoms with van der Waals surface area (Å²) in [5.41, 5.74) is 4.49. The van der Waals surface area contributed by atoms with Gasteiger partial charge in [-0.3, -0.25) is 24.3 Å². The third-order valence-electron chi connectivity index (χ3n) is 11.6. The van der Waals surface area contributed by atoms with Crippen LogP contribution in [0.5, 0.6) is 5.75 Å². The molecule has 61 heavy (non-hydrogen) atoms. The van der Waals surface area contributed by atoms with Crippen molar-refractivity contribution in [3.8, 4) is 17.1 Å². The van der Waals surface area contributed by atoms with Crippen LogP contribution < -0.4 is 15.0 Å². The fourth-order valence-electron chi connectivity index (χ4n) is 7.96. The maximum absolute atomic E-state index is 13.3. The van der Waals surface area contributed by atoms with E-state index >= 15 is 0 Å². The summed E-state index contributed by atoms with van der Waals surface area (Å²) in [7, 11) is 0. The number of amides is 2.